The summed E-state index contributed by atoms with van der Waals surface area (Å²) < 4.78 is 0. The lowest BCUT2D eigenvalue weighted by Crippen LogP contribution is -2.41. The Morgan fingerprint density at radius 1 is 1.31 bits per heavy atom. The van der Waals surface area contributed by atoms with Crippen LogP contribution in [0.1, 0.15) is 12.5 Å². The first kappa shape index (κ1) is 12.5. The topological polar surface area (TPSA) is 58.2 Å². The predicted molar refractivity (Wildman–Crippen MR) is 62.1 cm³/mol. The van der Waals surface area contributed by atoms with E-state index in [-0.39, 0.29) is 0 Å². The molecule has 86 valence electrons. The minimum atomic E-state index is -0.720. The summed E-state index contributed by atoms with van der Waals surface area (Å²) in [4.78, 5) is 22.3. The van der Waals surface area contributed by atoms with Crippen LogP contribution in [0.5, 0.6) is 0 Å². The van der Waals surface area contributed by atoms with Gasteiger partial charge in [0.1, 0.15) is 5.38 Å². The largest absolute Gasteiger partial charge is 0.334 e. The molecule has 0 aliphatic rings. The van der Waals surface area contributed by atoms with Crippen LogP contribution in [0.2, 0.25) is 0 Å². The summed E-state index contributed by atoms with van der Waals surface area (Å²) in [6.07, 6.45) is 0. The first-order chi connectivity index (χ1) is 7.59. The molecule has 0 fully saturated rings. The third-order valence-electron chi connectivity index (χ3n) is 1.89. The van der Waals surface area contributed by atoms with Crippen LogP contribution in [-0.2, 0) is 11.3 Å². The van der Waals surface area contributed by atoms with Gasteiger partial charge in [-0.3, -0.25) is 10.1 Å². The molecule has 0 spiro atoms. The average Bonchev–Trinajstić information content (AvgIpc) is 2.27. The second-order valence-corrected chi connectivity index (χ2v) is 3.93. The average molecular weight is 241 g/mol. The van der Waals surface area contributed by atoms with Crippen molar-refractivity contribution in [3.63, 3.8) is 0 Å². The van der Waals surface area contributed by atoms with Gasteiger partial charge in [0, 0.05) is 6.54 Å². The molecule has 0 heterocycles. The molecule has 1 aromatic carbocycles. The third kappa shape index (κ3) is 4.31. The lowest BCUT2D eigenvalue weighted by Gasteiger charge is -2.07. The maximum Gasteiger partial charge on any atom is 0.321 e. The van der Waals surface area contributed by atoms with E-state index in [0.29, 0.717) is 6.54 Å². The van der Waals surface area contributed by atoms with Crippen molar-refractivity contribution in [3.05, 3.63) is 35.9 Å². The fraction of sp³-hybridized carbons (Fsp3) is 0.273. The number of urea groups is 1. The van der Waals surface area contributed by atoms with E-state index in [2.05, 4.69) is 10.6 Å². The molecule has 1 aromatic rings. The lowest BCUT2D eigenvalue weighted by molar-refractivity contribution is -0.119. The Hall–Kier alpha value is -1.55. The molecule has 0 aromatic heterocycles. The zero-order valence-corrected chi connectivity index (χ0v) is 9.62. The van der Waals surface area contributed by atoms with Gasteiger partial charge in [-0.05, 0) is 12.5 Å². The molecule has 4 nitrogen and oxygen atoms in total. The van der Waals surface area contributed by atoms with Gasteiger partial charge in [-0.15, -0.1) is 11.6 Å². The molecule has 0 bridgehead atoms. The van der Waals surface area contributed by atoms with Crippen molar-refractivity contribution in [2.75, 3.05) is 0 Å². The standard InChI is InChI=1S/C11H13ClN2O2/c1-8(12)10(15)14-11(16)13-7-9-5-3-2-4-6-9/h2-6,8H,7H2,1H3,(H2,13,14,15,16)/t8-/m0/s1. The fourth-order valence-electron chi connectivity index (χ4n) is 1.03. The van der Waals surface area contributed by atoms with E-state index in [1.165, 1.54) is 6.92 Å². The van der Waals surface area contributed by atoms with Gasteiger partial charge in [0.05, 0.1) is 0 Å². The van der Waals surface area contributed by atoms with Gasteiger partial charge in [-0.25, -0.2) is 4.79 Å². The van der Waals surface area contributed by atoms with Gasteiger partial charge in [0.15, 0.2) is 0 Å². The summed E-state index contributed by atoms with van der Waals surface area (Å²) in [5.74, 6) is -0.507. The third-order valence-corrected chi connectivity index (χ3v) is 2.09. The summed E-state index contributed by atoms with van der Waals surface area (Å²) >= 11 is 5.50. The zero-order valence-electron chi connectivity index (χ0n) is 8.87. The van der Waals surface area contributed by atoms with E-state index in [0.717, 1.165) is 5.56 Å². The Balaban J connectivity index is 2.34. The molecule has 0 saturated heterocycles. The zero-order chi connectivity index (χ0) is 12.0. The predicted octanol–water partition coefficient (Wildman–Crippen LogP) is 1.64. The highest BCUT2D eigenvalue weighted by atomic mass is 35.5. The molecule has 0 aliphatic carbocycles. The van der Waals surface area contributed by atoms with Gasteiger partial charge in [0.25, 0.3) is 0 Å². The van der Waals surface area contributed by atoms with Crippen LogP contribution in [0.3, 0.4) is 0 Å². The number of rotatable bonds is 3. The molecular weight excluding hydrogens is 228 g/mol. The second-order valence-electron chi connectivity index (χ2n) is 3.27. The Morgan fingerprint density at radius 3 is 2.50 bits per heavy atom. The van der Waals surface area contributed by atoms with Gasteiger partial charge >= 0.3 is 6.03 Å². The molecule has 2 N–H and O–H groups in total. The molecule has 16 heavy (non-hydrogen) atoms. The van der Waals surface area contributed by atoms with Crippen LogP contribution < -0.4 is 10.6 Å². The highest BCUT2D eigenvalue weighted by molar-refractivity contribution is 6.31. The lowest BCUT2D eigenvalue weighted by atomic mass is 10.2. The molecule has 0 aliphatic heterocycles. The Kier molecular flexibility index (Phi) is 4.79. The van der Waals surface area contributed by atoms with Crippen molar-refractivity contribution in [2.24, 2.45) is 0 Å². The van der Waals surface area contributed by atoms with Crippen molar-refractivity contribution in [2.45, 2.75) is 18.8 Å². The van der Waals surface area contributed by atoms with Crippen molar-refractivity contribution in [3.8, 4) is 0 Å². The second kappa shape index (κ2) is 6.12. The van der Waals surface area contributed by atoms with Crippen LogP contribution in [-0.4, -0.2) is 17.3 Å². The number of hydrogen-bond donors (Lipinski definition) is 2. The molecule has 0 radical (unpaired) electrons. The van der Waals surface area contributed by atoms with E-state index in [4.69, 9.17) is 11.6 Å². The van der Waals surface area contributed by atoms with E-state index in [9.17, 15) is 9.59 Å². The van der Waals surface area contributed by atoms with Crippen LogP contribution >= 0.6 is 11.6 Å². The number of amides is 3. The van der Waals surface area contributed by atoms with Gasteiger partial charge in [-0.2, -0.15) is 0 Å². The Labute approximate surface area is 99.0 Å². The van der Waals surface area contributed by atoms with Crippen LogP contribution in [0.15, 0.2) is 30.3 Å². The maximum absolute atomic E-state index is 11.2. The smallest absolute Gasteiger partial charge is 0.321 e. The number of alkyl halides is 1. The SMILES string of the molecule is C[C@H](Cl)C(=O)NC(=O)NCc1ccccc1. The number of nitrogens with one attached hydrogen (secondary N) is 2. The number of carbonyl (C=O) groups is 2. The van der Waals surface area contributed by atoms with Crippen molar-refractivity contribution in [1.29, 1.82) is 0 Å². The summed E-state index contributed by atoms with van der Waals surface area (Å²) in [6.45, 7) is 1.87. The van der Waals surface area contributed by atoms with Crippen LogP contribution in [0.25, 0.3) is 0 Å². The molecular formula is C11H13ClN2O2. The van der Waals surface area contributed by atoms with Gasteiger partial charge in [-0.1, -0.05) is 30.3 Å². The number of imide groups is 1. The first-order valence-electron chi connectivity index (χ1n) is 4.86. The van der Waals surface area contributed by atoms with E-state index >= 15 is 0 Å². The van der Waals surface area contributed by atoms with Gasteiger partial charge < -0.3 is 5.32 Å². The molecule has 1 rings (SSSR count). The molecule has 0 unspecified atom stereocenters. The maximum atomic E-state index is 11.2. The van der Waals surface area contributed by atoms with Gasteiger partial charge in [0.2, 0.25) is 5.91 Å². The minimum absolute atomic E-state index is 0.372. The molecule has 3 amide bonds. The molecule has 5 heteroatoms. The summed E-state index contributed by atoms with van der Waals surface area (Å²) in [7, 11) is 0. The van der Waals surface area contributed by atoms with Crippen LogP contribution in [0.4, 0.5) is 4.79 Å². The van der Waals surface area contributed by atoms with Crippen molar-refractivity contribution < 1.29 is 9.59 Å². The van der Waals surface area contributed by atoms with Crippen molar-refractivity contribution >= 4 is 23.5 Å². The number of benzene rings is 1. The first-order valence-corrected chi connectivity index (χ1v) is 5.30. The summed E-state index contributed by atoms with van der Waals surface area (Å²) in [6, 6.07) is 8.86. The fourth-order valence-corrected chi connectivity index (χ4v) is 1.09. The molecule has 1 atom stereocenters. The number of hydrogen-bond acceptors (Lipinski definition) is 2. The van der Waals surface area contributed by atoms with Crippen molar-refractivity contribution in [1.82, 2.24) is 10.6 Å². The Bertz CT molecular complexity index is 366. The van der Waals surface area contributed by atoms with Crippen LogP contribution in [0, 0.1) is 0 Å². The van der Waals surface area contributed by atoms with E-state index in [1.807, 2.05) is 30.3 Å². The number of halogens is 1. The Morgan fingerprint density at radius 2 is 1.94 bits per heavy atom. The minimum Gasteiger partial charge on any atom is -0.334 e. The normalized spacial score (nSPS) is 11.6. The van der Waals surface area contributed by atoms with E-state index < -0.39 is 17.3 Å². The van der Waals surface area contributed by atoms with E-state index in [1.54, 1.807) is 0 Å². The highest BCUT2D eigenvalue weighted by Gasteiger charge is 2.12. The summed E-state index contributed by atoms with van der Waals surface area (Å²) in [5.41, 5.74) is 0.962. The summed E-state index contributed by atoms with van der Waals surface area (Å²) in [5, 5.41) is 3.96. The number of carbonyl (C=O) groups excluding carboxylic acids is 2. The molecule has 0 saturated carbocycles. The monoisotopic (exact) mass is 240 g/mol. The quantitative estimate of drug-likeness (QED) is 0.790. The highest BCUT2D eigenvalue weighted by Crippen LogP contribution is 1.97.